The molecule has 1 aliphatic heterocycles. The molecule has 2 aromatic rings. The lowest BCUT2D eigenvalue weighted by atomic mass is 9.96. The van der Waals surface area contributed by atoms with Crippen LogP contribution in [0.3, 0.4) is 0 Å². The number of nitrogens with zero attached hydrogens (tertiary/aromatic N) is 3. The van der Waals surface area contributed by atoms with E-state index in [1.165, 1.54) is 12.1 Å². The molecule has 2 heterocycles. The zero-order valence-corrected chi connectivity index (χ0v) is 14.4. The summed E-state index contributed by atoms with van der Waals surface area (Å²) in [6, 6.07) is 5.44. The summed E-state index contributed by atoms with van der Waals surface area (Å²) in [5, 5.41) is 2.98. The van der Waals surface area contributed by atoms with E-state index in [0.717, 1.165) is 18.2 Å². The number of halogens is 2. The van der Waals surface area contributed by atoms with Gasteiger partial charge in [-0.15, -0.1) is 0 Å². The van der Waals surface area contributed by atoms with E-state index in [4.69, 9.17) is 0 Å². The van der Waals surface area contributed by atoms with Crippen LogP contribution in [0.5, 0.6) is 0 Å². The first kappa shape index (κ1) is 17.3. The van der Waals surface area contributed by atoms with Crippen molar-refractivity contribution in [1.82, 2.24) is 14.9 Å². The Morgan fingerprint density at radius 1 is 1.32 bits per heavy atom. The third kappa shape index (κ3) is 2.94. The summed E-state index contributed by atoms with van der Waals surface area (Å²) in [7, 11) is 1.76. The highest BCUT2D eigenvalue weighted by molar-refractivity contribution is 5.95. The minimum Gasteiger partial charge on any atom is -0.373 e. The number of likely N-dealkylation sites (tertiary alicyclic amines) is 1. The molecule has 7 heteroatoms. The number of hydrogen-bond acceptors (Lipinski definition) is 4. The van der Waals surface area contributed by atoms with Gasteiger partial charge in [0.2, 0.25) is 0 Å². The zero-order valence-electron chi connectivity index (χ0n) is 14.4. The van der Waals surface area contributed by atoms with Crippen LogP contribution in [0.4, 0.5) is 14.6 Å². The van der Waals surface area contributed by atoms with Gasteiger partial charge in [-0.2, -0.15) is 0 Å². The molecule has 1 aromatic heterocycles. The largest absolute Gasteiger partial charge is 0.373 e. The molecule has 132 valence electrons. The minimum absolute atomic E-state index is 0.269. The lowest BCUT2D eigenvalue weighted by Gasteiger charge is -2.34. The molecule has 1 fully saturated rings. The zero-order chi connectivity index (χ0) is 18.2. The number of anilines is 1. The van der Waals surface area contributed by atoms with Crippen molar-refractivity contribution in [3.8, 4) is 0 Å². The first-order valence-corrected chi connectivity index (χ1v) is 8.16. The molecule has 1 aliphatic rings. The molecule has 1 saturated heterocycles. The molecule has 1 N–H and O–H groups in total. The van der Waals surface area contributed by atoms with Crippen LogP contribution >= 0.6 is 0 Å². The molecule has 0 spiro atoms. The summed E-state index contributed by atoms with van der Waals surface area (Å²) in [5.41, 5.74) is -0.269. The second kappa shape index (κ2) is 6.38. The van der Waals surface area contributed by atoms with Crippen molar-refractivity contribution in [3.05, 3.63) is 53.0 Å². The highest BCUT2D eigenvalue weighted by atomic mass is 19.2. The molecule has 1 atom stereocenters. The van der Waals surface area contributed by atoms with Gasteiger partial charge < -0.3 is 10.2 Å². The number of aryl methyl sites for hydroxylation is 1. The van der Waals surface area contributed by atoms with E-state index in [0.29, 0.717) is 24.6 Å². The third-order valence-electron chi connectivity index (χ3n) is 4.66. The van der Waals surface area contributed by atoms with Crippen molar-refractivity contribution in [1.29, 1.82) is 0 Å². The van der Waals surface area contributed by atoms with Crippen LogP contribution in [0.25, 0.3) is 0 Å². The smallest absolute Gasteiger partial charge is 0.257 e. The van der Waals surface area contributed by atoms with Crippen LogP contribution in [0.15, 0.2) is 24.3 Å². The normalized spacial score (nSPS) is 20.0. The molecule has 0 unspecified atom stereocenters. The Bertz CT molecular complexity index is 827. The minimum atomic E-state index is -1.12. The summed E-state index contributed by atoms with van der Waals surface area (Å²) >= 11 is 0. The summed E-state index contributed by atoms with van der Waals surface area (Å²) in [6.45, 7) is 4.16. The van der Waals surface area contributed by atoms with Crippen LogP contribution < -0.4 is 5.32 Å². The standard InChI is InChI=1S/C18H20F2N4O/c1-11-10-14(21-3)23-17(22-11)18(2)8-5-9-24(18)16(25)12-6-4-7-13(19)15(12)20/h4,6-7,10H,5,8-9H2,1-3H3,(H,21,22,23)/t18-/m1/s1. The van der Waals surface area contributed by atoms with E-state index in [9.17, 15) is 13.6 Å². The predicted octanol–water partition coefficient (Wildman–Crippen LogP) is 3.26. The SMILES string of the molecule is CNc1cc(C)nc([C@@]2(C)CCCN2C(=O)c2cccc(F)c2F)n1. The fourth-order valence-electron chi connectivity index (χ4n) is 3.27. The highest BCUT2D eigenvalue weighted by Gasteiger charge is 2.44. The number of rotatable bonds is 3. The maximum Gasteiger partial charge on any atom is 0.257 e. The van der Waals surface area contributed by atoms with Crippen molar-refractivity contribution in [3.63, 3.8) is 0 Å². The van der Waals surface area contributed by atoms with Gasteiger partial charge in [-0.25, -0.2) is 18.7 Å². The molecule has 25 heavy (non-hydrogen) atoms. The monoisotopic (exact) mass is 346 g/mol. The quantitative estimate of drug-likeness (QED) is 0.927. The lowest BCUT2D eigenvalue weighted by molar-refractivity contribution is 0.0598. The third-order valence-corrected chi connectivity index (χ3v) is 4.66. The van der Waals surface area contributed by atoms with E-state index >= 15 is 0 Å². The Balaban J connectivity index is 2.03. The van der Waals surface area contributed by atoms with E-state index in [1.54, 1.807) is 18.0 Å². The summed E-state index contributed by atoms with van der Waals surface area (Å²) in [6.07, 6.45) is 1.40. The van der Waals surface area contributed by atoms with Gasteiger partial charge in [-0.05, 0) is 38.8 Å². The molecular formula is C18H20F2N4O. The van der Waals surface area contributed by atoms with Gasteiger partial charge in [0.05, 0.1) is 5.56 Å². The molecule has 1 aromatic carbocycles. The van der Waals surface area contributed by atoms with E-state index in [-0.39, 0.29) is 5.56 Å². The molecule has 5 nitrogen and oxygen atoms in total. The van der Waals surface area contributed by atoms with Gasteiger partial charge in [0, 0.05) is 25.4 Å². The summed E-state index contributed by atoms with van der Waals surface area (Å²) < 4.78 is 27.6. The molecule has 0 bridgehead atoms. The maximum absolute atomic E-state index is 14.1. The highest BCUT2D eigenvalue weighted by Crippen LogP contribution is 2.38. The average molecular weight is 346 g/mol. The first-order valence-electron chi connectivity index (χ1n) is 8.16. The summed E-state index contributed by atoms with van der Waals surface area (Å²) in [5.74, 6) is -1.55. The number of amides is 1. The van der Waals surface area contributed by atoms with E-state index < -0.39 is 23.1 Å². The average Bonchev–Trinajstić information content (AvgIpc) is 2.99. The maximum atomic E-state index is 14.1. The van der Waals surface area contributed by atoms with Crippen molar-refractivity contribution in [2.24, 2.45) is 0 Å². The molecule has 3 rings (SSSR count). The van der Waals surface area contributed by atoms with Crippen LogP contribution in [0.2, 0.25) is 0 Å². The topological polar surface area (TPSA) is 58.1 Å². The van der Waals surface area contributed by atoms with Crippen LogP contribution in [0.1, 0.15) is 41.6 Å². The van der Waals surface area contributed by atoms with Crippen LogP contribution in [0, 0.1) is 18.6 Å². The van der Waals surface area contributed by atoms with Crippen LogP contribution in [-0.2, 0) is 5.54 Å². The van der Waals surface area contributed by atoms with E-state index in [2.05, 4.69) is 15.3 Å². The lowest BCUT2D eigenvalue weighted by Crippen LogP contribution is -2.44. The molecule has 0 radical (unpaired) electrons. The Morgan fingerprint density at radius 2 is 2.08 bits per heavy atom. The fraction of sp³-hybridized carbons (Fsp3) is 0.389. The second-order valence-electron chi connectivity index (χ2n) is 6.40. The molecule has 0 aliphatic carbocycles. The van der Waals surface area contributed by atoms with Gasteiger partial charge in [0.25, 0.3) is 5.91 Å². The van der Waals surface area contributed by atoms with E-state index in [1.807, 2.05) is 13.8 Å². The van der Waals surface area contributed by atoms with Gasteiger partial charge in [-0.3, -0.25) is 4.79 Å². The van der Waals surface area contributed by atoms with Crippen molar-refractivity contribution in [2.75, 3.05) is 18.9 Å². The molecule has 0 saturated carbocycles. The van der Waals surface area contributed by atoms with Crippen molar-refractivity contribution >= 4 is 11.7 Å². The molecular weight excluding hydrogens is 326 g/mol. The van der Waals surface area contributed by atoms with Crippen molar-refractivity contribution < 1.29 is 13.6 Å². The second-order valence-corrected chi connectivity index (χ2v) is 6.40. The van der Waals surface area contributed by atoms with Crippen molar-refractivity contribution in [2.45, 2.75) is 32.2 Å². The number of hydrogen-bond donors (Lipinski definition) is 1. The van der Waals surface area contributed by atoms with Gasteiger partial charge in [-0.1, -0.05) is 6.07 Å². The Kier molecular flexibility index (Phi) is 4.41. The number of aromatic nitrogens is 2. The fourth-order valence-corrected chi connectivity index (χ4v) is 3.27. The van der Waals surface area contributed by atoms with Gasteiger partial charge >= 0.3 is 0 Å². The number of carbonyl (C=O) groups excluding carboxylic acids is 1. The number of carbonyl (C=O) groups is 1. The number of benzene rings is 1. The van der Waals surface area contributed by atoms with Gasteiger partial charge in [0.15, 0.2) is 17.5 Å². The Hall–Kier alpha value is -2.57. The Labute approximate surface area is 145 Å². The summed E-state index contributed by atoms with van der Waals surface area (Å²) in [4.78, 5) is 23.4. The number of nitrogens with one attached hydrogen (secondary N) is 1. The van der Waals surface area contributed by atoms with Crippen LogP contribution in [-0.4, -0.2) is 34.4 Å². The Morgan fingerprint density at radius 3 is 2.80 bits per heavy atom. The first-order chi connectivity index (χ1) is 11.9. The predicted molar refractivity (Wildman–Crippen MR) is 90.3 cm³/mol. The molecule has 1 amide bonds. The van der Waals surface area contributed by atoms with Gasteiger partial charge in [0.1, 0.15) is 11.4 Å².